The molecule has 0 fully saturated rings. The number of unbranched alkanes of at least 4 members (excludes halogenated alkanes) is 1. The number of carbonyl (C=O) groups excluding carboxylic acids is 1. The van der Waals surface area contributed by atoms with Crippen molar-refractivity contribution in [3.8, 4) is 5.75 Å². The van der Waals surface area contributed by atoms with Gasteiger partial charge in [0.1, 0.15) is 10.6 Å². The molecule has 0 spiro atoms. The number of aromatic amines is 1. The van der Waals surface area contributed by atoms with Gasteiger partial charge in [-0.2, -0.15) is 0 Å². The Hall–Kier alpha value is -2.25. The molecular weight excluding hydrogens is 392 g/mol. The molecule has 7 heteroatoms. The van der Waals surface area contributed by atoms with E-state index >= 15 is 0 Å². The SMILES string of the molecule is CCCCOc1ccc(C(=O)n2c(=S)[nH]c3sc4c(c3c2=O)CCCC4)cc1. The monoisotopic (exact) mass is 414 g/mol. The molecule has 0 bridgehead atoms. The number of hydrogen-bond donors (Lipinski definition) is 1. The third-order valence-electron chi connectivity index (χ3n) is 5.08. The number of H-pyrrole nitrogens is 1. The van der Waals surface area contributed by atoms with Gasteiger partial charge in [0, 0.05) is 10.4 Å². The van der Waals surface area contributed by atoms with Crippen LogP contribution in [0.1, 0.15) is 53.4 Å². The van der Waals surface area contributed by atoms with Crippen LogP contribution in [0.3, 0.4) is 0 Å². The molecule has 0 unspecified atom stereocenters. The predicted molar refractivity (Wildman–Crippen MR) is 114 cm³/mol. The largest absolute Gasteiger partial charge is 0.494 e. The van der Waals surface area contributed by atoms with Crippen molar-refractivity contribution in [1.29, 1.82) is 0 Å². The Morgan fingerprint density at radius 1 is 1.25 bits per heavy atom. The molecule has 0 amide bonds. The number of hydrogen-bond acceptors (Lipinski definition) is 5. The van der Waals surface area contributed by atoms with Crippen molar-refractivity contribution in [3.63, 3.8) is 0 Å². The van der Waals surface area contributed by atoms with E-state index in [1.807, 2.05) is 0 Å². The number of aromatic nitrogens is 2. The lowest BCUT2D eigenvalue weighted by Crippen LogP contribution is -2.29. The summed E-state index contributed by atoms with van der Waals surface area (Å²) < 4.78 is 6.87. The highest BCUT2D eigenvalue weighted by atomic mass is 32.1. The summed E-state index contributed by atoms with van der Waals surface area (Å²) >= 11 is 6.94. The minimum atomic E-state index is -0.413. The number of benzene rings is 1. The van der Waals surface area contributed by atoms with Crippen LogP contribution in [0.15, 0.2) is 29.1 Å². The van der Waals surface area contributed by atoms with Gasteiger partial charge in [0.25, 0.3) is 11.5 Å². The number of fused-ring (bicyclic) bond motifs is 3. The van der Waals surface area contributed by atoms with Crippen LogP contribution in [0.5, 0.6) is 5.75 Å². The summed E-state index contributed by atoms with van der Waals surface area (Å²) in [5.41, 5.74) is 1.18. The first-order valence-corrected chi connectivity index (χ1v) is 10.9. The number of rotatable bonds is 5. The van der Waals surface area contributed by atoms with Crippen molar-refractivity contribution < 1.29 is 9.53 Å². The fourth-order valence-electron chi connectivity index (χ4n) is 3.58. The zero-order chi connectivity index (χ0) is 19.7. The third kappa shape index (κ3) is 3.44. The van der Waals surface area contributed by atoms with Crippen LogP contribution >= 0.6 is 23.6 Å². The second kappa shape index (κ2) is 8.01. The molecule has 0 atom stereocenters. The van der Waals surface area contributed by atoms with Crippen molar-refractivity contribution in [2.45, 2.75) is 45.4 Å². The van der Waals surface area contributed by atoms with Gasteiger partial charge in [-0.15, -0.1) is 11.3 Å². The molecule has 1 aliphatic rings. The highest BCUT2D eigenvalue weighted by Crippen LogP contribution is 2.33. The Morgan fingerprint density at radius 3 is 2.75 bits per heavy atom. The molecule has 146 valence electrons. The summed E-state index contributed by atoms with van der Waals surface area (Å²) in [6, 6.07) is 6.87. The second-order valence-corrected chi connectivity index (χ2v) is 8.51. The van der Waals surface area contributed by atoms with E-state index in [2.05, 4.69) is 11.9 Å². The van der Waals surface area contributed by atoms with Crippen LogP contribution < -0.4 is 10.3 Å². The molecule has 3 aromatic rings. The minimum Gasteiger partial charge on any atom is -0.494 e. The summed E-state index contributed by atoms with van der Waals surface area (Å²) in [5, 5.41) is 0.626. The van der Waals surface area contributed by atoms with E-state index in [0.717, 1.165) is 53.5 Å². The summed E-state index contributed by atoms with van der Waals surface area (Å²) in [6.07, 6.45) is 6.12. The predicted octanol–water partition coefficient (Wildman–Crippen LogP) is 4.87. The standard InChI is InChI=1S/C21H22N2O3S2/c1-2-3-12-26-14-10-8-13(9-11-14)19(24)23-20(25)17-15-6-4-5-7-16(15)28-18(17)22-21(23)27/h8-11H,2-7,12H2,1H3,(H,22,27). The maximum Gasteiger partial charge on any atom is 0.270 e. The molecule has 2 aromatic heterocycles. The summed E-state index contributed by atoms with van der Waals surface area (Å²) in [7, 11) is 0. The van der Waals surface area contributed by atoms with E-state index in [4.69, 9.17) is 17.0 Å². The average Bonchev–Trinajstić information content (AvgIpc) is 3.07. The minimum absolute atomic E-state index is 0.143. The zero-order valence-corrected chi connectivity index (χ0v) is 17.4. The Labute approximate surface area is 172 Å². The molecule has 1 aliphatic carbocycles. The van der Waals surface area contributed by atoms with Gasteiger partial charge in [0.2, 0.25) is 0 Å². The zero-order valence-electron chi connectivity index (χ0n) is 15.7. The topological polar surface area (TPSA) is 64.1 Å². The lowest BCUT2D eigenvalue weighted by atomic mass is 9.97. The molecule has 2 heterocycles. The quantitative estimate of drug-likeness (QED) is 0.478. The van der Waals surface area contributed by atoms with Gasteiger partial charge < -0.3 is 9.72 Å². The fourth-order valence-corrected chi connectivity index (χ4v) is 5.19. The molecule has 0 saturated carbocycles. The van der Waals surface area contributed by atoms with Gasteiger partial charge in [-0.1, -0.05) is 13.3 Å². The van der Waals surface area contributed by atoms with E-state index in [1.165, 1.54) is 4.88 Å². The highest BCUT2D eigenvalue weighted by molar-refractivity contribution is 7.71. The van der Waals surface area contributed by atoms with Gasteiger partial charge in [0.15, 0.2) is 4.77 Å². The van der Waals surface area contributed by atoms with Crippen LogP contribution in [0.2, 0.25) is 0 Å². The Kier molecular flexibility index (Phi) is 5.46. The summed E-state index contributed by atoms with van der Waals surface area (Å²) in [5.74, 6) is 0.300. The fraction of sp³-hybridized carbons (Fsp3) is 0.381. The van der Waals surface area contributed by atoms with Crippen LogP contribution in [-0.2, 0) is 12.8 Å². The number of ether oxygens (including phenoxy) is 1. The molecule has 0 radical (unpaired) electrons. The summed E-state index contributed by atoms with van der Waals surface area (Å²) in [4.78, 5) is 31.3. The maximum atomic E-state index is 13.2. The second-order valence-electron chi connectivity index (χ2n) is 7.02. The number of aryl methyl sites for hydroxylation is 2. The molecule has 0 aliphatic heterocycles. The van der Waals surface area contributed by atoms with Gasteiger partial charge in [-0.25, -0.2) is 4.57 Å². The molecule has 1 N–H and O–H groups in total. The first-order valence-electron chi connectivity index (χ1n) is 9.67. The Bertz CT molecular complexity index is 1140. The molecule has 0 saturated heterocycles. The first kappa shape index (κ1) is 19.1. The van der Waals surface area contributed by atoms with Crippen LogP contribution in [0.25, 0.3) is 10.2 Å². The average molecular weight is 415 g/mol. The number of nitrogens with one attached hydrogen (secondary N) is 1. The van der Waals surface area contributed by atoms with Gasteiger partial charge in [0.05, 0.1) is 12.0 Å². The van der Waals surface area contributed by atoms with Crippen molar-refractivity contribution in [2.75, 3.05) is 6.61 Å². The highest BCUT2D eigenvalue weighted by Gasteiger charge is 2.22. The van der Waals surface area contributed by atoms with Crippen LogP contribution in [-0.4, -0.2) is 22.1 Å². The van der Waals surface area contributed by atoms with Crippen LogP contribution in [0, 0.1) is 4.77 Å². The molecule has 5 nitrogen and oxygen atoms in total. The van der Waals surface area contributed by atoms with E-state index < -0.39 is 5.91 Å². The smallest absolute Gasteiger partial charge is 0.270 e. The van der Waals surface area contributed by atoms with Crippen molar-refractivity contribution in [2.24, 2.45) is 0 Å². The number of carbonyl (C=O) groups is 1. The first-order chi connectivity index (χ1) is 13.6. The maximum absolute atomic E-state index is 13.2. The van der Waals surface area contributed by atoms with Crippen LogP contribution in [0.4, 0.5) is 0 Å². The molecular formula is C21H22N2O3S2. The van der Waals surface area contributed by atoms with Crippen molar-refractivity contribution >= 4 is 39.7 Å². The van der Waals surface area contributed by atoms with E-state index in [-0.39, 0.29) is 10.3 Å². The Balaban J connectivity index is 1.71. The lowest BCUT2D eigenvalue weighted by molar-refractivity contribution is 0.0953. The number of thiophene rings is 1. The van der Waals surface area contributed by atoms with E-state index in [0.29, 0.717) is 23.3 Å². The summed E-state index contributed by atoms with van der Waals surface area (Å²) in [6.45, 7) is 2.75. The molecule has 1 aromatic carbocycles. The van der Waals surface area contributed by atoms with Gasteiger partial charge in [-0.05, 0) is 74.2 Å². The van der Waals surface area contributed by atoms with Crippen molar-refractivity contribution in [3.05, 3.63) is 55.4 Å². The van der Waals surface area contributed by atoms with E-state index in [1.54, 1.807) is 35.6 Å². The normalized spacial score (nSPS) is 13.5. The third-order valence-corrected chi connectivity index (χ3v) is 6.57. The van der Waals surface area contributed by atoms with E-state index in [9.17, 15) is 9.59 Å². The number of nitrogens with zero attached hydrogens (tertiary/aromatic N) is 1. The Morgan fingerprint density at radius 2 is 2.00 bits per heavy atom. The molecule has 28 heavy (non-hydrogen) atoms. The van der Waals surface area contributed by atoms with Gasteiger partial charge >= 0.3 is 0 Å². The van der Waals surface area contributed by atoms with Gasteiger partial charge in [-0.3, -0.25) is 9.59 Å². The molecule has 4 rings (SSSR count). The lowest BCUT2D eigenvalue weighted by Gasteiger charge is -2.11. The van der Waals surface area contributed by atoms with Crippen molar-refractivity contribution in [1.82, 2.24) is 9.55 Å².